The molecule has 0 aliphatic rings. The highest BCUT2D eigenvalue weighted by Gasteiger charge is 2.17. The number of hydrogen-bond donors (Lipinski definition) is 6. The van der Waals surface area contributed by atoms with E-state index in [0.29, 0.717) is 73.9 Å². The number of carbonyl (C=O) groups is 2. The molecule has 0 aliphatic heterocycles. The lowest BCUT2D eigenvalue weighted by atomic mass is 10.1. The number of nitrogens with zero attached hydrogens (tertiary/aromatic N) is 3. The number of carboxylic acids is 1. The number of carbonyl (C=O) groups excluding carboxylic acids is 1. The number of amides is 1. The van der Waals surface area contributed by atoms with Gasteiger partial charge in [0, 0.05) is 31.7 Å². The number of aliphatic carboxylic acids is 1. The molecule has 0 aliphatic carbocycles. The maximum atomic E-state index is 12.7. The Hall–Kier alpha value is -4.01. The van der Waals surface area contributed by atoms with E-state index < -0.39 is 18.6 Å². The van der Waals surface area contributed by atoms with Crippen LogP contribution < -0.4 is 38.5 Å². The number of aromatic nitrogens is 4. The first-order chi connectivity index (χ1) is 19.7. The monoisotopic (exact) mass is 574 g/mol. The molecule has 1 atom stereocenters. The molecular formula is C27H42N8O6. The Bertz CT molecular complexity index is 1380. The number of fused-ring (bicyclic) bond motifs is 1. The second kappa shape index (κ2) is 16.9. The SMILES string of the molecule is CCCn1c(=O)c2[nH]c(-c3ccc(OCC(=O)O)cc3)nc2n(CCC)c1=O.NCCCC[C@@H](N)C(=O)NCCN. The van der Waals surface area contributed by atoms with Crippen LogP contribution in [0.1, 0.15) is 46.0 Å². The smallest absolute Gasteiger partial charge is 0.341 e. The number of aryl methyl sites for hydroxylation is 1. The number of carboxylic acid groups (broad SMARTS) is 1. The maximum absolute atomic E-state index is 12.7. The molecule has 14 heteroatoms. The molecule has 1 aromatic carbocycles. The third kappa shape index (κ3) is 9.55. The van der Waals surface area contributed by atoms with Crippen molar-refractivity contribution in [2.45, 2.75) is 65.1 Å². The quantitative estimate of drug-likeness (QED) is 0.137. The molecule has 9 N–H and O–H groups in total. The van der Waals surface area contributed by atoms with Crippen LogP contribution >= 0.6 is 0 Å². The number of ether oxygens (including phenoxy) is 1. The molecule has 3 aromatic rings. The number of aromatic amines is 1. The fourth-order valence-electron chi connectivity index (χ4n) is 3.97. The van der Waals surface area contributed by atoms with Crippen LogP contribution in [0, 0.1) is 0 Å². The number of imidazole rings is 1. The summed E-state index contributed by atoms with van der Waals surface area (Å²) in [6.07, 6.45) is 3.90. The number of nitrogens with two attached hydrogens (primary N) is 3. The molecule has 41 heavy (non-hydrogen) atoms. The van der Waals surface area contributed by atoms with Gasteiger partial charge < -0.3 is 37.3 Å². The number of nitrogens with one attached hydrogen (secondary N) is 2. The number of H-pyrrole nitrogens is 1. The van der Waals surface area contributed by atoms with Crippen LogP contribution in [0.4, 0.5) is 0 Å². The summed E-state index contributed by atoms with van der Waals surface area (Å²) in [5.41, 5.74) is 16.7. The van der Waals surface area contributed by atoms with Gasteiger partial charge in [0.25, 0.3) is 5.56 Å². The summed E-state index contributed by atoms with van der Waals surface area (Å²) in [5.74, 6) is -0.313. The Balaban J connectivity index is 0.000000383. The lowest BCUT2D eigenvalue weighted by molar-refractivity contribution is -0.139. The van der Waals surface area contributed by atoms with Crippen molar-refractivity contribution in [3.63, 3.8) is 0 Å². The van der Waals surface area contributed by atoms with E-state index in [4.69, 9.17) is 27.0 Å². The van der Waals surface area contributed by atoms with E-state index in [0.717, 1.165) is 19.3 Å². The number of rotatable bonds is 15. The van der Waals surface area contributed by atoms with Gasteiger partial charge in [-0.3, -0.25) is 18.7 Å². The average Bonchev–Trinajstić information content (AvgIpc) is 3.41. The first-order valence-electron chi connectivity index (χ1n) is 13.8. The standard InChI is InChI=1S/C19H22N4O5.C8H20N4O/c1-3-9-22-17-15(18(26)23(10-4-2)19(22)27)20-16(21-17)12-5-7-13(8-6-12)28-11-14(24)25;9-4-2-1-3-7(11)8(13)12-6-5-10/h5-8H,3-4,9-11H2,1-2H3,(H,20,21)(H,24,25);7H,1-6,9-11H2,(H,12,13)/t;7-/m.1/s1. The second-order valence-electron chi connectivity index (χ2n) is 9.35. The second-order valence-corrected chi connectivity index (χ2v) is 9.35. The van der Waals surface area contributed by atoms with Crippen LogP contribution in [0.3, 0.4) is 0 Å². The summed E-state index contributed by atoms with van der Waals surface area (Å²) in [6, 6.07) is 6.25. The van der Waals surface area contributed by atoms with Crippen LogP contribution in [0.2, 0.25) is 0 Å². The van der Waals surface area contributed by atoms with Crippen LogP contribution in [0.15, 0.2) is 33.9 Å². The van der Waals surface area contributed by atoms with Crippen molar-refractivity contribution in [1.29, 1.82) is 0 Å². The fraction of sp³-hybridized carbons (Fsp3) is 0.519. The van der Waals surface area contributed by atoms with Gasteiger partial charge in [-0.25, -0.2) is 14.6 Å². The van der Waals surface area contributed by atoms with E-state index in [-0.39, 0.29) is 17.2 Å². The first kappa shape index (κ1) is 33.2. The summed E-state index contributed by atoms with van der Waals surface area (Å²) in [7, 11) is 0. The zero-order valence-corrected chi connectivity index (χ0v) is 23.7. The lowest BCUT2D eigenvalue weighted by Crippen LogP contribution is -2.42. The van der Waals surface area contributed by atoms with Gasteiger partial charge in [-0.2, -0.15) is 0 Å². The van der Waals surface area contributed by atoms with Crippen LogP contribution in [0.25, 0.3) is 22.6 Å². The molecule has 2 aromatic heterocycles. The predicted molar refractivity (Wildman–Crippen MR) is 157 cm³/mol. The van der Waals surface area contributed by atoms with Gasteiger partial charge in [0.2, 0.25) is 5.91 Å². The fourth-order valence-corrected chi connectivity index (χ4v) is 3.97. The molecule has 3 rings (SSSR count). The van der Waals surface area contributed by atoms with E-state index in [9.17, 15) is 19.2 Å². The highest BCUT2D eigenvalue weighted by Crippen LogP contribution is 2.21. The van der Waals surface area contributed by atoms with Gasteiger partial charge in [-0.05, 0) is 56.5 Å². The van der Waals surface area contributed by atoms with Gasteiger partial charge in [-0.1, -0.05) is 20.3 Å². The molecule has 0 saturated heterocycles. The average molecular weight is 575 g/mol. The van der Waals surface area contributed by atoms with E-state index in [1.165, 1.54) is 9.13 Å². The van der Waals surface area contributed by atoms with Crippen molar-refractivity contribution in [2.75, 3.05) is 26.2 Å². The molecule has 226 valence electrons. The Morgan fingerprint density at radius 3 is 2.29 bits per heavy atom. The molecule has 0 spiro atoms. The number of hydrogen-bond acceptors (Lipinski definition) is 9. The van der Waals surface area contributed by atoms with Crippen molar-refractivity contribution in [3.05, 3.63) is 45.1 Å². The van der Waals surface area contributed by atoms with Gasteiger partial charge in [-0.15, -0.1) is 0 Å². The minimum atomic E-state index is -1.06. The van der Waals surface area contributed by atoms with E-state index >= 15 is 0 Å². The summed E-state index contributed by atoms with van der Waals surface area (Å²) in [6.45, 7) is 5.84. The predicted octanol–water partition coefficient (Wildman–Crippen LogP) is 0.354. The maximum Gasteiger partial charge on any atom is 0.341 e. The van der Waals surface area contributed by atoms with Crippen LogP contribution in [0.5, 0.6) is 5.75 Å². The van der Waals surface area contributed by atoms with E-state index in [1.54, 1.807) is 24.3 Å². The Kier molecular flexibility index (Phi) is 13.7. The van der Waals surface area contributed by atoms with Gasteiger partial charge in [0.1, 0.15) is 17.1 Å². The van der Waals surface area contributed by atoms with Crippen molar-refractivity contribution in [1.82, 2.24) is 24.4 Å². The third-order valence-electron chi connectivity index (χ3n) is 6.00. The molecular weight excluding hydrogens is 532 g/mol. The first-order valence-corrected chi connectivity index (χ1v) is 13.8. The summed E-state index contributed by atoms with van der Waals surface area (Å²) < 4.78 is 7.88. The topological polar surface area (TPSA) is 226 Å². The Morgan fingerprint density at radius 1 is 1.05 bits per heavy atom. The molecule has 0 unspecified atom stereocenters. The molecule has 0 bridgehead atoms. The molecule has 0 fully saturated rings. The third-order valence-corrected chi connectivity index (χ3v) is 6.00. The summed E-state index contributed by atoms with van der Waals surface area (Å²) in [5, 5.41) is 11.3. The van der Waals surface area contributed by atoms with Crippen LogP contribution in [-0.4, -0.2) is 68.4 Å². The van der Waals surface area contributed by atoms with Crippen molar-refractivity contribution in [3.8, 4) is 17.1 Å². The van der Waals surface area contributed by atoms with Gasteiger partial charge in [0.15, 0.2) is 12.3 Å². The molecule has 0 radical (unpaired) electrons. The minimum absolute atomic E-state index is 0.123. The zero-order chi connectivity index (χ0) is 30.4. The van der Waals surface area contributed by atoms with Crippen molar-refractivity contribution < 1.29 is 19.4 Å². The highest BCUT2D eigenvalue weighted by atomic mass is 16.5. The lowest BCUT2D eigenvalue weighted by Gasteiger charge is -2.10. The Morgan fingerprint density at radius 2 is 1.71 bits per heavy atom. The Labute approximate surface area is 237 Å². The van der Waals surface area contributed by atoms with Crippen molar-refractivity contribution >= 4 is 23.0 Å². The normalized spacial score (nSPS) is 11.5. The van der Waals surface area contributed by atoms with E-state index in [2.05, 4.69) is 15.3 Å². The van der Waals surface area contributed by atoms with Crippen molar-refractivity contribution in [2.24, 2.45) is 17.2 Å². The van der Waals surface area contributed by atoms with Gasteiger partial charge >= 0.3 is 11.7 Å². The summed E-state index contributed by atoms with van der Waals surface area (Å²) in [4.78, 5) is 54.7. The molecule has 0 saturated carbocycles. The van der Waals surface area contributed by atoms with E-state index in [1.807, 2.05) is 13.8 Å². The highest BCUT2D eigenvalue weighted by molar-refractivity contribution is 5.81. The number of benzene rings is 1. The zero-order valence-electron chi connectivity index (χ0n) is 23.7. The van der Waals surface area contributed by atoms with Crippen LogP contribution in [-0.2, 0) is 22.7 Å². The summed E-state index contributed by atoms with van der Waals surface area (Å²) >= 11 is 0. The number of unbranched alkanes of at least 4 members (excludes halogenated alkanes) is 1. The molecule has 2 heterocycles. The molecule has 14 nitrogen and oxygen atoms in total. The van der Waals surface area contributed by atoms with Gasteiger partial charge in [0.05, 0.1) is 6.04 Å². The largest absolute Gasteiger partial charge is 0.482 e. The minimum Gasteiger partial charge on any atom is -0.482 e. The molecule has 1 amide bonds.